The lowest BCUT2D eigenvalue weighted by Gasteiger charge is -2.39. The lowest BCUT2D eigenvalue weighted by Crippen LogP contribution is -2.48. The fourth-order valence-corrected chi connectivity index (χ4v) is 4.24. The van der Waals surface area contributed by atoms with Crippen molar-refractivity contribution in [2.24, 2.45) is 0 Å². The molecule has 2 saturated heterocycles. The molecule has 3 heterocycles. The number of nitrogens with zero attached hydrogens (tertiary/aromatic N) is 3. The van der Waals surface area contributed by atoms with Crippen molar-refractivity contribution in [2.75, 3.05) is 38.3 Å². The van der Waals surface area contributed by atoms with Gasteiger partial charge in [-0.3, -0.25) is 9.78 Å². The van der Waals surface area contributed by atoms with Crippen molar-refractivity contribution in [3.8, 4) is 5.75 Å². The highest BCUT2D eigenvalue weighted by molar-refractivity contribution is 5.77. The molecule has 2 aliphatic rings. The van der Waals surface area contributed by atoms with Crippen LogP contribution in [-0.2, 0) is 9.53 Å². The first-order valence-corrected chi connectivity index (χ1v) is 10.3. The van der Waals surface area contributed by atoms with Crippen molar-refractivity contribution in [3.05, 3.63) is 54.4 Å². The first-order valence-electron chi connectivity index (χ1n) is 10.3. The zero-order chi connectivity index (χ0) is 20.3. The molecule has 1 spiro atoms. The molecule has 2 aliphatic heterocycles. The zero-order valence-corrected chi connectivity index (χ0v) is 17.2. The van der Waals surface area contributed by atoms with Gasteiger partial charge in [-0.1, -0.05) is 17.7 Å². The Morgan fingerprint density at radius 2 is 2.03 bits per heavy atom. The van der Waals surface area contributed by atoms with Gasteiger partial charge in [-0.05, 0) is 50.5 Å². The zero-order valence-electron chi connectivity index (χ0n) is 17.2. The van der Waals surface area contributed by atoms with E-state index < -0.39 is 0 Å². The highest BCUT2D eigenvalue weighted by Crippen LogP contribution is 2.38. The molecule has 2 fully saturated rings. The molecule has 1 atom stereocenters. The van der Waals surface area contributed by atoms with Crippen molar-refractivity contribution in [1.82, 2.24) is 9.88 Å². The summed E-state index contributed by atoms with van der Waals surface area (Å²) in [5.41, 5.74) is 2.39. The number of anilines is 1. The van der Waals surface area contributed by atoms with Gasteiger partial charge in [0.2, 0.25) is 0 Å². The van der Waals surface area contributed by atoms with Gasteiger partial charge in [0.15, 0.2) is 6.61 Å². The van der Waals surface area contributed by atoms with Crippen LogP contribution in [0, 0.1) is 6.92 Å². The van der Waals surface area contributed by atoms with E-state index in [1.54, 1.807) is 18.5 Å². The van der Waals surface area contributed by atoms with E-state index in [1.807, 2.05) is 11.0 Å². The van der Waals surface area contributed by atoms with Crippen LogP contribution in [-0.4, -0.2) is 60.8 Å². The van der Waals surface area contributed by atoms with E-state index in [0.717, 1.165) is 39.0 Å². The molecule has 0 radical (unpaired) electrons. The molecule has 4 rings (SSSR count). The van der Waals surface area contributed by atoms with Crippen LogP contribution in [0.5, 0.6) is 5.75 Å². The molecule has 0 aliphatic carbocycles. The summed E-state index contributed by atoms with van der Waals surface area (Å²) in [4.78, 5) is 20.7. The van der Waals surface area contributed by atoms with Gasteiger partial charge in [0.25, 0.3) is 5.91 Å². The molecular formula is C23H29N3O3. The number of hydrogen-bond donors (Lipinski definition) is 0. The van der Waals surface area contributed by atoms with Crippen LogP contribution in [0.15, 0.2) is 48.8 Å². The number of piperidine rings is 1. The number of hydrogen-bond acceptors (Lipinski definition) is 5. The second-order valence-corrected chi connectivity index (χ2v) is 8.16. The van der Waals surface area contributed by atoms with Gasteiger partial charge < -0.3 is 19.3 Å². The third-order valence-corrected chi connectivity index (χ3v) is 6.20. The molecule has 1 aromatic carbocycles. The van der Waals surface area contributed by atoms with E-state index >= 15 is 0 Å². The van der Waals surface area contributed by atoms with Crippen molar-refractivity contribution >= 4 is 11.6 Å². The van der Waals surface area contributed by atoms with E-state index in [0.29, 0.717) is 11.8 Å². The maximum absolute atomic E-state index is 12.5. The Labute approximate surface area is 172 Å². The van der Waals surface area contributed by atoms with Gasteiger partial charge in [-0.15, -0.1) is 0 Å². The van der Waals surface area contributed by atoms with Gasteiger partial charge in [-0.2, -0.15) is 0 Å². The number of likely N-dealkylation sites (N-methyl/N-ethyl adjacent to an activating group) is 1. The van der Waals surface area contributed by atoms with E-state index in [9.17, 15) is 4.79 Å². The topological polar surface area (TPSA) is 54.9 Å². The summed E-state index contributed by atoms with van der Waals surface area (Å²) in [6.45, 7) is 4.33. The van der Waals surface area contributed by atoms with Gasteiger partial charge in [-0.25, -0.2) is 0 Å². The van der Waals surface area contributed by atoms with Crippen molar-refractivity contribution in [1.29, 1.82) is 0 Å². The number of rotatable bonds is 5. The maximum Gasteiger partial charge on any atom is 0.260 e. The van der Waals surface area contributed by atoms with Crippen LogP contribution in [0.2, 0.25) is 0 Å². The number of benzene rings is 1. The summed E-state index contributed by atoms with van der Waals surface area (Å²) in [6, 6.07) is 12.6. The normalized spacial score (nSPS) is 20.6. The van der Waals surface area contributed by atoms with E-state index in [2.05, 4.69) is 48.1 Å². The number of carbonyl (C=O) groups excluding carboxylic acids is 1. The molecule has 1 amide bonds. The molecule has 29 heavy (non-hydrogen) atoms. The third-order valence-electron chi connectivity index (χ3n) is 6.20. The minimum atomic E-state index is -0.107. The standard InChI is InChI=1S/C23H29N3O3/c1-18-5-7-19(8-6-18)25(2)20-14-23(29-16-20)9-12-26(13-10-23)22(27)17-28-21-4-3-11-24-15-21/h3-8,11,15,20H,9-10,12-14,16-17H2,1-2H3. The Morgan fingerprint density at radius 1 is 1.28 bits per heavy atom. The fraction of sp³-hybridized carbons (Fsp3) is 0.478. The Hall–Kier alpha value is -2.60. The van der Waals surface area contributed by atoms with Crippen molar-refractivity contribution in [3.63, 3.8) is 0 Å². The predicted octanol–water partition coefficient (Wildman–Crippen LogP) is 3.06. The first-order chi connectivity index (χ1) is 14.0. The Balaban J connectivity index is 1.27. The van der Waals surface area contributed by atoms with Gasteiger partial charge >= 0.3 is 0 Å². The van der Waals surface area contributed by atoms with E-state index in [-0.39, 0.29) is 18.1 Å². The van der Waals surface area contributed by atoms with Crippen LogP contribution in [0.1, 0.15) is 24.8 Å². The second-order valence-electron chi connectivity index (χ2n) is 8.16. The molecule has 1 aromatic heterocycles. The number of ether oxygens (including phenoxy) is 2. The van der Waals surface area contributed by atoms with Crippen molar-refractivity contribution < 1.29 is 14.3 Å². The summed E-state index contributed by atoms with van der Waals surface area (Å²) >= 11 is 0. The lowest BCUT2D eigenvalue weighted by molar-refractivity contribution is -0.138. The minimum absolute atomic E-state index is 0.0232. The number of pyridine rings is 1. The summed E-state index contributed by atoms with van der Waals surface area (Å²) in [6.07, 6.45) is 6.07. The number of carbonyl (C=O) groups is 1. The lowest BCUT2D eigenvalue weighted by atomic mass is 9.87. The monoisotopic (exact) mass is 395 g/mol. The van der Waals surface area contributed by atoms with Crippen LogP contribution in [0.25, 0.3) is 0 Å². The molecular weight excluding hydrogens is 366 g/mol. The van der Waals surface area contributed by atoms with Crippen LogP contribution >= 0.6 is 0 Å². The Morgan fingerprint density at radius 3 is 2.72 bits per heavy atom. The average molecular weight is 396 g/mol. The van der Waals surface area contributed by atoms with E-state index in [4.69, 9.17) is 9.47 Å². The summed E-state index contributed by atoms with van der Waals surface area (Å²) in [5, 5.41) is 0. The number of amides is 1. The number of aromatic nitrogens is 1. The molecule has 0 bridgehead atoms. The average Bonchev–Trinajstić information content (AvgIpc) is 3.17. The first kappa shape index (κ1) is 19.7. The van der Waals surface area contributed by atoms with Gasteiger partial charge in [0.1, 0.15) is 5.75 Å². The smallest absolute Gasteiger partial charge is 0.260 e. The molecule has 2 aromatic rings. The molecule has 6 nitrogen and oxygen atoms in total. The summed E-state index contributed by atoms with van der Waals surface area (Å²) < 4.78 is 11.9. The van der Waals surface area contributed by atoms with Gasteiger partial charge in [0, 0.05) is 32.0 Å². The Bertz CT molecular complexity index is 817. The molecule has 154 valence electrons. The molecule has 1 unspecified atom stereocenters. The van der Waals surface area contributed by atoms with Crippen LogP contribution in [0.3, 0.4) is 0 Å². The summed E-state index contributed by atoms with van der Waals surface area (Å²) in [5.74, 6) is 0.644. The second kappa shape index (κ2) is 8.41. The highest BCUT2D eigenvalue weighted by atomic mass is 16.5. The third kappa shape index (κ3) is 4.53. The van der Waals surface area contributed by atoms with Crippen LogP contribution < -0.4 is 9.64 Å². The SMILES string of the molecule is Cc1ccc(N(C)C2COC3(CCN(C(=O)COc4cccnc4)CC3)C2)cc1. The largest absolute Gasteiger partial charge is 0.482 e. The summed E-state index contributed by atoms with van der Waals surface area (Å²) in [7, 11) is 2.14. The van der Waals surface area contributed by atoms with Crippen molar-refractivity contribution in [2.45, 2.75) is 37.8 Å². The highest BCUT2D eigenvalue weighted by Gasteiger charge is 2.44. The minimum Gasteiger partial charge on any atom is -0.482 e. The van der Waals surface area contributed by atoms with E-state index in [1.165, 1.54) is 11.3 Å². The maximum atomic E-state index is 12.5. The molecule has 0 N–H and O–H groups in total. The number of likely N-dealkylation sites (tertiary alicyclic amines) is 1. The fourth-order valence-electron chi connectivity index (χ4n) is 4.24. The van der Waals surface area contributed by atoms with Crippen LogP contribution in [0.4, 0.5) is 5.69 Å². The molecule has 6 heteroatoms. The molecule has 0 saturated carbocycles. The quantitative estimate of drug-likeness (QED) is 0.779. The Kier molecular flexibility index (Phi) is 5.72. The number of aryl methyl sites for hydroxylation is 1. The van der Waals surface area contributed by atoms with Gasteiger partial charge in [0.05, 0.1) is 24.4 Å². The predicted molar refractivity (Wildman–Crippen MR) is 112 cm³/mol.